The fourth-order valence-corrected chi connectivity index (χ4v) is 3.46. The first kappa shape index (κ1) is 18.7. The molecule has 0 aliphatic heterocycles. The molecule has 5 heteroatoms. The molecule has 5 nitrogen and oxygen atoms in total. The number of hydrogen-bond acceptors (Lipinski definition) is 4. The van der Waals surface area contributed by atoms with Crippen molar-refractivity contribution in [3.63, 3.8) is 0 Å². The summed E-state index contributed by atoms with van der Waals surface area (Å²) in [6.45, 7) is 0. The van der Waals surface area contributed by atoms with Gasteiger partial charge in [-0.1, -0.05) is 24.3 Å². The Balaban J connectivity index is 1.58. The molecule has 0 heterocycles. The van der Waals surface area contributed by atoms with Crippen LogP contribution in [0, 0.1) is 17.2 Å². The number of esters is 1. The largest absolute Gasteiger partial charge is 0.469 e. The molecule has 138 valence electrons. The van der Waals surface area contributed by atoms with E-state index in [-0.39, 0.29) is 23.8 Å². The average Bonchev–Trinajstić information content (AvgIpc) is 2.74. The molecule has 0 saturated heterocycles. The molecule has 0 radical (unpaired) electrons. The molecule has 1 aliphatic carbocycles. The van der Waals surface area contributed by atoms with Crippen molar-refractivity contribution in [2.24, 2.45) is 5.92 Å². The summed E-state index contributed by atoms with van der Waals surface area (Å²) in [6, 6.07) is 17.0. The standard InChI is InChI=1S/C22H22N2O3/c1-27-22(26)19-10-12-20(13-11-19)24-21(25)18-8-6-17(7-9-18)16-4-2-15(14-23)3-5-16/h2-9,19-20H,10-13H2,1H3,(H,24,25). The Morgan fingerprint density at radius 2 is 1.52 bits per heavy atom. The number of amides is 1. The molecule has 2 aromatic carbocycles. The minimum Gasteiger partial charge on any atom is -0.469 e. The van der Waals surface area contributed by atoms with E-state index in [4.69, 9.17) is 10.00 Å². The van der Waals surface area contributed by atoms with Crippen LogP contribution in [0.2, 0.25) is 0 Å². The van der Waals surface area contributed by atoms with Gasteiger partial charge in [0.05, 0.1) is 24.7 Å². The summed E-state index contributed by atoms with van der Waals surface area (Å²) in [5.41, 5.74) is 3.23. The molecule has 0 bridgehead atoms. The van der Waals surface area contributed by atoms with E-state index in [0.717, 1.165) is 36.8 Å². The van der Waals surface area contributed by atoms with Crippen LogP contribution < -0.4 is 5.32 Å². The molecule has 27 heavy (non-hydrogen) atoms. The number of methoxy groups -OCH3 is 1. The zero-order chi connectivity index (χ0) is 19.2. The molecule has 1 aliphatic rings. The summed E-state index contributed by atoms with van der Waals surface area (Å²) in [5.74, 6) is -0.295. The number of benzene rings is 2. The van der Waals surface area contributed by atoms with E-state index >= 15 is 0 Å². The van der Waals surface area contributed by atoms with Gasteiger partial charge >= 0.3 is 5.97 Å². The summed E-state index contributed by atoms with van der Waals surface area (Å²) in [7, 11) is 1.41. The molecule has 1 amide bonds. The number of carbonyl (C=O) groups is 2. The van der Waals surface area contributed by atoms with Crippen molar-refractivity contribution in [2.45, 2.75) is 31.7 Å². The first-order valence-corrected chi connectivity index (χ1v) is 9.10. The maximum Gasteiger partial charge on any atom is 0.308 e. The van der Waals surface area contributed by atoms with Gasteiger partial charge in [-0.2, -0.15) is 5.26 Å². The van der Waals surface area contributed by atoms with E-state index in [0.29, 0.717) is 11.1 Å². The van der Waals surface area contributed by atoms with Crippen molar-refractivity contribution >= 4 is 11.9 Å². The van der Waals surface area contributed by atoms with Gasteiger partial charge in [-0.15, -0.1) is 0 Å². The van der Waals surface area contributed by atoms with E-state index in [2.05, 4.69) is 11.4 Å². The zero-order valence-corrected chi connectivity index (χ0v) is 15.3. The molecule has 1 saturated carbocycles. The fourth-order valence-electron chi connectivity index (χ4n) is 3.46. The lowest BCUT2D eigenvalue weighted by molar-refractivity contribution is -0.146. The first-order valence-electron chi connectivity index (χ1n) is 9.10. The number of rotatable bonds is 4. The minimum atomic E-state index is -0.154. The van der Waals surface area contributed by atoms with Crippen molar-refractivity contribution in [1.29, 1.82) is 5.26 Å². The van der Waals surface area contributed by atoms with Gasteiger partial charge < -0.3 is 10.1 Å². The zero-order valence-electron chi connectivity index (χ0n) is 15.3. The highest BCUT2D eigenvalue weighted by atomic mass is 16.5. The van der Waals surface area contributed by atoms with E-state index in [1.54, 1.807) is 12.1 Å². The number of nitrogens with one attached hydrogen (secondary N) is 1. The fraction of sp³-hybridized carbons (Fsp3) is 0.318. The van der Waals surface area contributed by atoms with Gasteiger partial charge in [-0.05, 0) is 61.1 Å². The predicted octanol–water partition coefficient (Wildman–Crippen LogP) is 3.69. The number of carbonyl (C=O) groups excluding carboxylic acids is 2. The predicted molar refractivity (Wildman–Crippen MR) is 102 cm³/mol. The van der Waals surface area contributed by atoms with Crippen molar-refractivity contribution in [1.82, 2.24) is 5.32 Å². The molecule has 3 rings (SSSR count). The molecule has 0 aromatic heterocycles. The Hall–Kier alpha value is -3.13. The maximum atomic E-state index is 12.5. The lowest BCUT2D eigenvalue weighted by Gasteiger charge is -2.27. The highest BCUT2D eigenvalue weighted by molar-refractivity contribution is 5.94. The molecule has 1 N–H and O–H groups in total. The molecular weight excluding hydrogens is 340 g/mol. The van der Waals surface area contributed by atoms with E-state index in [1.165, 1.54) is 7.11 Å². The third-order valence-electron chi connectivity index (χ3n) is 5.09. The molecule has 0 spiro atoms. The summed E-state index contributed by atoms with van der Waals surface area (Å²) in [6.07, 6.45) is 3.06. The summed E-state index contributed by atoms with van der Waals surface area (Å²) in [4.78, 5) is 24.1. The molecule has 1 fully saturated rings. The summed E-state index contributed by atoms with van der Waals surface area (Å²) in [5, 5.41) is 11.9. The van der Waals surface area contributed by atoms with Crippen LogP contribution in [0.25, 0.3) is 11.1 Å². The summed E-state index contributed by atoms with van der Waals surface area (Å²) < 4.78 is 4.79. The SMILES string of the molecule is COC(=O)C1CCC(NC(=O)c2ccc(-c3ccc(C#N)cc3)cc2)CC1. The topological polar surface area (TPSA) is 79.2 Å². The Labute approximate surface area is 159 Å². The van der Waals surface area contributed by atoms with Crippen molar-refractivity contribution in [3.05, 3.63) is 59.7 Å². The van der Waals surface area contributed by atoms with Crippen LogP contribution in [0.4, 0.5) is 0 Å². The second-order valence-corrected chi connectivity index (χ2v) is 6.81. The Kier molecular flexibility index (Phi) is 5.87. The lowest BCUT2D eigenvalue weighted by Crippen LogP contribution is -2.38. The lowest BCUT2D eigenvalue weighted by atomic mass is 9.86. The van der Waals surface area contributed by atoms with Crippen LogP contribution in [-0.2, 0) is 9.53 Å². The second kappa shape index (κ2) is 8.50. The van der Waals surface area contributed by atoms with Gasteiger partial charge in [0.15, 0.2) is 0 Å². The molecule has 0 unspecified atom stereocenters. The van der Waals surface area contributed by atoms with Crippen LogP contribution in [-0.4, -0.2) is 25.0 Å². The highest BCUT2D eigenvalue weighted by Crippen LogP contribution is 2.26. The van der Waals surface area contributed by atoms with Crippen molar-refractivity contribution < 1.29 is 14.3 Å². The van der Waals surface area contributed by atoms with Gasteiger partial charge in [0, 0.05) is 11.6 Å². The number of nitriles is 1. The molecule has 0 atom stereocenters. The van der Waals surface area contributed by atoms with Crippen molar-refractivity contribution in [3.8, 4) is 17.2 Å². The first-order chi connectivity index (χ1) is 13.1. The van der Waals surface area contributed by atoms with Gasteiger partial charge in [0.25, 0.3) is 5.91 Å². The second-order valence-electron chi connectivity index (χ2n) is 6.81. The normalized spacial score (nSPS) is 19.0. The number of hydrogen-bond donors (Lipinski definition) is 1. The Bertz CT molecular complexity index is 843. The number of nitrogens with zero attached hydrogens (tertiary/aromatic N) is 1. The van der Waals surface area contributed by atoms with Gasteiger partial charge in [0.1, 0.15) is 0 Å². The Morgan fingerprint density at radius 1 is 0.963 bits per heavy atom. The number of ether oxygens (including phenoxy) is 1. The van der Waals surface area contributed by atoms with Crippen LogP contribution in [0.5, 0.6) is 0 Å². The van der Waals surface area contributed by atoms with Crippen LogP contribution in [0.15, 0.2) is 48.5 Å². The van der Waals surface area contributed by atoms with Crippen molar-refractivity contribution in [2.75, 3.05) is 7.11 Å². The van der Waals surface area contributed by atoms with Gasteiger partial charge in [0.2, 0.25) is 0 Å². The van der Waals surface area contributed by atoms with Crippen LogP contribution in [0.3, 0.4) is 0 Å². The quantitative estimate of drug-likeness (QED) is 0.842. The molecule has 2 aromatic rings. The smallest absolute Gasteiger partial charge is 0.308 e. The van der Waals surface area contributed by atoms with E-state index < -0.39 is 0 Å². The molecular formula is C22H22N2O3. The van der Waals surface area contributed by atoms with E-state index in [1.807, 2.05) is 36.4 Å². The minimum absolute atomic E-state index is 0.0464. The third-order valence-corrected chi connectivity index (χ3v) is 5.09. The highest BCUT2D eigenvalue weighted by Gasteiger charge is 2.27. The average molecular weight is 362 g/mol. The Morgan fingerprint density at radius 3 is 2.04 bits per heavy atom. The summed E-state index contributed by atoms with van der Waals surface area (Å²) >= 11 is 0. The maximum absolute atomic E-state index is 12.5. The third kappa shape index (κ3) is 4.53. The van der Waals surface area contributed by atoms with Crippen LogP contribution >= 0.6 is 0 Å². The van der Waals surface area contributed by atoms with Crippen LogP contribution in [0.1, 0.15) is 41.6 Å². The monoisotopic (exact) mass is 362 g/mol. The van der Waals surface area contributed by atoms with E-state index in [9.17, 15) is 9.59 Å². The van der Waals surface area contributed by atoms with Gasteiger partial charge in [-0.25, -0.2) is 0 Å². The van der Waals surface area contributed by atoms with Gasteiger partial charge in [-0.3, -0.25) is 9.59 Å².